The summed E-state index contributed by atoms with van der Waals surface area (Å²) < 4.78 is 0. The summed E-state index contributed by atoms with van der Waals surface area (Å²) in [6, 6.07) is 12.5. The van der Waals surface area contributed by atoms with Gasteiger partial charge in [-0.3, -0.25) is 0 Å². The third-order valence-electron chi connectivity index (χ3n) is 2.73. The first-order chi connectivity index (χ1) is 7.36. The lowest BCUT2D eigenvalue weighted by Gasteiger charge is -2.03. The van der Waals surface area contributed by atoms with E-state index in [2.05, 4.69) is 34.2 Å². The van der Waals surface area contributed by atoms with Crippen molar-refractivity contribution in [2.75, 3.05) is 0 Å². The van der Waals surface area contributed by atoms with Gasteiger partial charge in [-0.05, 0) is 12.3 Å². The van der Waals surface area contributed by atoms with Crippen LogP contribution in [-0.2, 0) is 0 Å². The molecule has 2 heteroatoms. The molecule has 72 valence electrons. The highest BCUT2D eigenvalue weighted by atomic mass is 14.8. The van der Waals surface area contributed by atoms with Crippen LogP contribution in [0.3, 0.4) is 0 Å². The second kappa shape index (κ2) is 3.02. The van der Waals surface area contributed by atoms with E-state index in [9.17, 15) is 0 Å². The van der Waals surface area contributed by atoms with Crippen LogP contribution in [0.25, 0.3) is 21.7 Å². The van der Waals surface area contributed by atoms with E-state index in [0.717, 1.165) is 16.6 Å². The predicted octanol–water partition coefficient (Wildman–Crippen LogP) is 3.09. The van der Waals surface area contributed by atoms with Gasteiger partial charge in [0.2, 0.25) is 0 Å². The zero-order valence-electron chi connectivity index (χ0n) is 8.44. The number of nitrogens with zero attached hydrogens (tertiary/aromatic N) is 2. The first kappa shape index (κ1) is 8.36. The molecular formula is C13H10N2. The van der Waals surface area contributed by atoms with Gasteiger partial charge in [0.25, 0.3) is 0 Å². The number of fused-ring (bicyclic) bond motifs is 3. The predicted molar refractivity (Wildman–Crippen MR) is 61.8 cm³/mol. The van der Waals surface area contributed by atoms with Crippen LogP contribution in [-0.4, -0.2) is 9.97 Å². The van der Waals surface area contributed by atoms with Crippen molar-refractivity contribution in [3.63, 3.8) is 0 Å². The molecular weight excluding hydrogens is 184 g/mol. The van der Waals surface area contributed by atoms with Gasteiger partial charge in [0, 0.05) is 16.5 Å². The Bertz CT molecular complexity index is 644. The molecule has 0 aliphatic carbocycles. The van der Waals surface area contributed by atoms with E-state index in [0.29, 0.717) is 0 Å². The quantitative estimate of drug-likeness (QED) is 0.514. The molecule has 0 radical (unpaired) electrons. The lowest BCUT2D eigenvalue weighted by Crippen LogP contribution is -1.87. The van der Waals surface area contributed by atoms with Crippen molar-refractivity contribution >= 4 is 21.7 Å². The summed E-state index contributed by atoms with van der Waals surface area (Å²) in [5.41, 5.74) is 2.08. The van der Waals surface area contributed by atoms with E-state index >= 15 is 0 Å². The minimum Gasteiger partial charge on any atom is -0.241 e. The smallest absolute Gasteiger partial charge is 0.116 e. The molecule has 0 spiro atoms. The van der Waals surface area contributed by atoms with Crippen molar-refractivity contribution in [3.05, 3.63) is 48.4 Å². The maximum absolute atomic E-state index is 4.36. The fraction of sp³-hybridized carbons (Fsp3) is 0.0769. The first-order valence-corrected chi connectivity index (χ1v) is 4.95. The maximum Gasteiger partial charge on any atom is 0.116 e. The van der Waals surface area contributed by atoms with Crippen LogP contribution < -0.4 is 0 Å². The third kappa shape index (κ3) is 1.18. The Kier molecular flexibility index (Phi) is 1.68. The van der Waals surface area contributed by atoms with Crippen LogP contribution in [0.15, 0.2) is 42.7 Å². The molecule has 1 heterocycles. The van der Waals surface area contributed by atoms with Crippen LogP contribution >= 0.6 is 0 Å². The van der Waals surface area contributed by atoms with E-state index in [1.165, 1.54) is 10.8 Å². The normalized spacial score (nSPS) is 11.0. The van der Waals surface area contributed by atoms with E-state index < -0.39 is 0 Å². The summed E-state index contributed by atoms with van der Waals surface area (Å²) in [7, 11) is 0. The van der Waals surface area contributed by atoms with Gasteiger partial charge >= 0.3 is 0 Å². The molecule has 0 N–H and O–H groups in total. The highest BCUT2D eigenvalue weighted by Crippen LogP contribution is 2.24. The third-order valence-corrected chi connectivity index (χ3v) is 2.73. The molecule has 0 atom stereocenters. The molecule has 0 aliphatic rings. The molecule has 3 aromatic rings. The summed E-state index contributed by atoms with van der Waals surface area (Å²) in [6.07, 6.45) is 1.63. The number of rotatable bonds is 0. The molecule has 3 rings (SSSR count). The standard InChI is InChI=1S/C13H10N2/c1-9-11-7-6-10-4-2-3-5-12(10)13(11)15-8-14-9/h2-8H,1H3. The Labute approximate surface area is 87.6 Å². The highest BCUT2D eigenvalue weighted by Gasteiger charge is 2.02. The van der Waals surface area contributed by atoms with Crippen molar-refractivity contribution in [2.45, 2.75) is 6.92 Å². The minimum absolute atomic E-state index is 1.03. The first-order valence-electron chi connectivity index (χ1n) is 4.95. The Morgan fingerprint density at radius 3 is 2.67 bits per heavy atom. The van der Waals surface area contributed by atoms with E-state index in [1.54, 1.807) is 6.33 Å². The van der Waals surface area contributed by atoms with Crippen molar-refractivity contribution in [3.8, 4) is 0 Å². The fourth-order valence-electron chi connectivity index (χ4n) is 1.93. The van der Waals surface area contributed by atoms with Crippen LogP contribution in [0.1, 0.15) is 5.69 Å². The van der Waals surface area contributed by atoms with Gasteiger partial charge in [-0.15, -0.1) is 0 Å². The van der Waals surface area contributed by atoms with Gasteiger partial charge in [0.15, 0.2) is 0 Å². The number of hydrogen-bond acceptors (Lipinski definition) is 2. The topological polar surface area (TPSA) is 25.8 Å². The summed E-state index contributed by atoms with van der Waals surface area (Å²) in [6.45, 7) is 2.01. The van der Waals surface area contributed by atoms with E-state index in [4.69, 9.17) is 0 Å². The largest absolute Gasteiger partial charge is 0.241 e. The lowest BCUT2D eigenvalue weighted by atomic mass is 10.1. The van der Waals surface area contributed by atoms with Gasteiger partial charge in [0.05, 0.1) is 5.52 Å². The van der Waals surface area contributed by atoms with Gasteiger partial charge in [-0.2, -0.15) is 0 Å². The lowest BCUT2D eigenvalue weighted by molar-refractivity contribution is 1.15. The number of benzene rings is 2. The SMILES string of the molecule is Cc1ncnc2c1ccc1ccccc12. The Hall–Kier alpha value is -1.96. The average Bonchev–Trinajstić information content (AvgIpc) is 2.29. The van der Waals surface area contributed by atoms with Gasteiger partial charge in [0.1, 0.15) is 6.33 Å². The van der Waals surface area contributed by atoms with Crippen LogP contribution in [0.2, 0.25) is 0 Å². The Morgan fingerprint density at radius 1 is 0.867 bits per heavy atom. The van der Waals surface area contributed by atoms with Crippen LogP contribution in [0.4, 0.5) is 0 Å². The van der Waals surface area contributed by atoms with Crippen molar-refractivity contribution < 1.29 is 0 Å². The summed E-state index contributed by atoms with van der Waals surface area (Å²) in [5.74, 6) is 0. The molecule has 0 amide bonds. The van der Waals surface area contributed by atoms with Crippen molar-refractivity contribution in [2.24, 2.45) is 0 Å². The Balaban J connectivity index is 2.60. The van der Waals surface area contributed by atoms with E-state index in [1.807, 2.05) is 19.1 Å². The fourth-order valence-corrected chi connectivity index (χ4v) is 1.93. The van der Waals surface area contributed by atoms with Gasteiger partial charge < -0.3 is 0 Å². The van der Waals surface area contributed by atoms with Crippen molar-refractivity contribution in [1.82, 2.24) is 9.97 Å². The molecule has 0 saturated carbocycles. The molecule has 2 aromatic carbocycles. The van der Waals surface area contributed by atoms with Crippen molar-refractivity contribution in [1.29, 1.82) is 0 Å². The average molecular weight is 194 g/mol. The molecule has 0 fully saturated rings. The van der Waals surface area contributed by atoms with Crippen LogP contribution in [0, 0.1) is 6.92 Å². The Morgan fingerprint density at radius 2 is 1.73 bits per heavy atom. The highest BCUT2D eigenvalue weighted by molar-refractivity contribution is 6.05. The number of aromatic nitrogens is 2. The zero-order valence-corrected chi connectivity index (χ0v) is 8.44. The molecule has 0 saturated heterocycles. The minimum atomic E-state index is 1.03. The summed E-state index contributed by atoms with van der Waals surface area (Å²) in [5, 5.41) is 3.56. The molecule has 1 aromatic heterocycles. The zero-order chi connectivity index (χ0) is 10.3. The summed E-state index contributed by atoms with van der Waals surface area (Å²) >= 11 is 0. The second-order valence-electron chi connectivity index (χ2n) is 3.64. The molecule has 0 aliphatic heterocycles. The molecule has 15 heavy (non-hydrogen) atoms. The molecule has 0 bridgehead atoms. The summed E-state index contributed by atoms with van der Waals surface area (Å²) in [4.78, 5) is 8.56. The second-order valence-corrected chi connectivity index (χ2v) is 3.64. The van der Waals surface area contributed by atoms with Crippen LogP contribution in [0.5, 0.6) is 0 Å². The van der Waals surface area contributed by atoms with Gasteiger partial charge in [-0.25, -0.2) is 9.97 Å². The van der Waals surface area contributed by atoms with Gasteiger partial charge in [-0.1, -0.05) is 36.4 Å². The number of aryl methyl sites for hydroxylation is 1. The molecule has 0 unspecified atom stereocenters. The monoisotopic (exact) mass is 194 g/mol. The number of hydrogen-bond donors (Lipinski definition) is 0. The van der Waals surface area contributed by atoms with E-state index in [-0.39, 0.29) is 0 Å². The maximum atomic E-state index is 4.36. The molecule has 2 nitrogen and oxygen atoms in total.